The van der Waals surface area contributed by atoms with Gasteiger partial charge in [0.15, 0.2) is 0 Å². The van der Waals surface area contributed by atoms with E-state index in [0.717, 1.165) is 18.6 Å². The zero-order valence-corrected chi connectivity index (χ0v) is 12.1. The molecule has 0 atom stereocenters. The minimum Gasteiger partial charge on any atom is -0.314 e. The lowest BCUT2D eigenvalue weighted by Gasteiger charge is -2.24. The third kappa shape index (κ3) is 2.48. The number of hydrogen-bond donors (Lipinski definition) is 0. The molecule has 1 aliphatic carbocycles. The predicted octanol–water partition coefficient (Wildman–Crippen LogP) is 3.95. The number of amides is 1. The van der Waals surface area contributed by atoms with E-state index in [4.69, 9.17) is 0 Å². The van der Waals surface area contributed by atoms with Crippen LogP contribution in [0.3, 0.4) is 0 Å². The van der Waals surface area contributed by atoms with Gasteiger partial charge in [-0.2, -0.15) is 0 Å². The first-order valence-corrected chi connectivity index (χ1v) is 6.68. The lowest BCUT2D eigenvalue weighted by atomic mass is 9.96. The molecule has 2 rings (SSSR count). The quantitative estimate of drug-likeness (QED) is 0.746. The van der Waals surface area contributed by atoms with Gasteiger partial charge in [-0.15, -0.1) is 0 Å². The van der Waals surface area contributed by atoms with Gasteiger partial charge in [0.1, 0.15) is 0 Å². The largest absolute Gasteiger partial charge is 0.314 e. The van der Waals surface area contributed by atoms with E-state index in [0.29, 0.717) is 5.92 Å². The lowest BCUT2D eigenvalue weighted by molar-refractivity contribution is -0.107. The number of hydrogen-bond acceptors (Lipinski definition) is 1. The van der Waals surface area contributed by atoms with Crippen LogP contribution in [0.25, 0.3) is 0 Å². The summed E-state index contributed by atoms with van der Waals surface area (Å²) < 4.78 is 0. The first kappa shape index (κ1) is 13.6. The molecule has 100 valence electrons. The Balaban J connectivity index is 2.24. The minimum absolute atomic E-state index is 0.352. The van der Waals surface area contributed by atoms with Crippen molar-refractivity contribution in [1.29, 1.82) is 0 Å². The Bertz CT molecular complexity index is 516. The van der Waals surface area contributed by atoms with Gasteiger partial charge in [0.25, 0.3) is 0 Å². The minimum atomic E-state index is 0.352. The third-order valence-electron chi connectivity index (χ3n) is 4.39. The summed E-state index contributed by atoms with van der Waals surface area (Å²) in [6.45, 7) is 9.41. The first-order chi connectivity index (χ1) is 9.06. The van der Waals surface area contributed by atoms with E-state index in [2.05, 4.69) is 27.7 Å². The number of para-hydroxylation sites is 1. The van der Waals surface area contributed by atoms with E-state index in [1.807, 2.05) is 30.3 Å². The fourth-order valence-corrected chi connectivity index (χ4v) is 2.74. The zero-order valence-electron chi connectivity index (χ0n) is 12.1. The molecule has 0 fully saturated rings. The van der Waals surface area contributed by atoms with Crippen LogP contribution >= 0.6 is 0 Å². The SMILES string of the molecule is CC1=C(C)C(CN(C=O)c2ccccc2)C(C)=C1C. The van der Waals surface area contributed by atoms with Gasteiger partial charge in [-0.05, 0) is 51.0 Å². The number of rotatable bonds is 4. The maximum atomic E-state index is 11.4. The van der Waals surface area contributed by atoms with E-state index < -0.39 is 0 Å². The molecule has 19 heavy (non-hydrogen) atoms. The maximum absolute atomic E-state index is 11.4. The second kappa shape index (κ2) is 5.43. The highest BCUT2D eigenvalue weighted by Crippen LogP contribution is 2.37. The Morgan fingerprint density at radius 2 is 1.53 bits per heavy atom. The van der Waals surface area contributed by atoms with Crippen LogP contribution in [0.4, 0.5) is 5.69 Å². The van der Waals surface area contributed by atoms with Gasteiger partial charge in [-0.3, -0.25) is 4.79 Å². The van der Waals surface area contributed by atoms with Crippen LogP contribution in [0.5, 0.6) is 0 Å². The molecular formula is C17H21NO. The molecule has 0 bridgehead atoms. The van der Waals surface area contributed by atoms with Crippen molar-refractivity contribution in [1.82, 2.24) is 0 Å². The molecule has 0 unspecified atom stereocenters. The summed E-state index contributed by atoms with van der Waals surface area (Å²) in [5.41, 5.74) is 6.48. The van der Waals surface area contributed by atoms with Gasteiger partial charge < -0.3 is 4.90 Å². The highest BCUT2D eigenvalue weighted by molar-refractivity contribution is 5.75. The van der Waals surface area contributed by atoms with Crippen LogP contribution in [0.2, 0.25) is 0 Å². The van der Waals surface area contributed by atoms with Gasteiger partial charge in [0.2, 0.25) is 6.41 Å². The summed E-state index contributed by atoms with van der Waals surface area (Å²) in [5, 5.41) is 0. The molecule has 2 nitrogen and oxygen atoms in total. The van der Waals surface area contributed by atoms with Crippen molar-refractivity contribution in [3.8, 4) is 0 Å². The van der Waals surface area contributed by atoms with Crippen molar-refractivity contribution in [2.24, 2.45) is 5.92 Å². The first-order valence-electron chi connectivity index (χ1n) is 6.68. The number of benzene rings is 1. The predicted molar refractivity (Wildman–Crippen MR) is 80.1 cm³/mol. The highest BCUT2D eigenvalue weighted by Gasteiger charge is 2.26. The molecule has 0 radical (unpaired) electrons. The topological polar surface area (TPSA) is 20.3 Å². The normalized spacial score (nSPS) is 16.2. The molecular weight excluding hydrogens is 234 g/mol. The Hall–Kier alpha value is -1.83. The molecule has 0 N–H and O–H groups in total. The van der Waals surface area contributed by atoms with Crippen molar-refractivity contribution >= 4 is 12.1 Å². The highest BCUT2D eigenvalue weighted by atomic mass is 16.1. The van der Waals surface area contributed by atoms with Crippen molar-refractivity contribution in [2.45, 2.75) is 27.7 Å². The molecule has 2 heteroatoms. The summed E-state index contributed by atoms with van der Waals surface area (Å²) in [6, 6.07) is 9.83. The monoisotopic (exact) mass is 255 g/mol. The van der Waals surface area contributed by atoms with Crippen LogP contribution < -0.4 is 4.90 Å². The van der Waals surface area contributed by atoms with Gasteiger partial charge >= 0.3 is 0 Å². The Labute approximate surface area is 115 Å². The van der Waals surface area contributed by atoms with E-state index in [-0.39, 0.29) is 0 Å². The van der Waals surface area contributed by atoms with Crippen LogP contribution in [0, 0.1) is 5.92 Å². The number of nitrogens with zero attached hydrogens (tertiary/aromatic N) is 1. The van der Waals surface area contributed by atoms with Crippen molar-refractivity contribution in [3.05, 3.63) is 52.6 Å². The summed E-state index contributed by atoms with van der Waals surface area (Å²) in [4.78, 5) is 13.2. The maximum Gasteiger partial charge on any atom is 0.214 e. The Morgan fingerprint density at radius 1 is 1.00 bits per heavy atom. The van der Waals surface area contributed by atoms with Gasteiger partial charge in [-0.1, -0.05) is 29.3 Å². The average Bonchev–Trinajstić information content (AvgIpc) is 2.62. The summed E-state index contributed by atoms with van der Waals surface area (Å²) in [7, 11) is 0. The molecule has 1 aromatic carbocycles. The van der Waals surface area contributed by atoms with E-state index in [1.165, 1.54) is 22.3 Å². The number of carbonyl (C=O) groups is 1. The summed E-state index contributed by atoms with van der Waals surface area (Å²) in [6.07, 6.45) is 0.929. The van der Waals surface area contributed by atoms with Gasteiger partial charge in [0.05, 0.1) is 0 Å². The number of allylic oxidation sites excluding steroid dienone is 2. The van der Waals surface area contributed by atoms with Crippen LogP contribution in [-0.4, -0.2) is 13.0 Å². The number of anilines is 1. The molecule has 0 saturated heterocycles. The van der Waals surface area contributed by atoms with Crippen LogP contribution in [0.15, 0.2) is 52.6 Å². The molecule has 0 aromatic heterocycles. The molecule has 1 aliphatic rings. The third-order valence-corrected chi connectivity index (χ3v) is 4.39. The smallest absolute Gasteiger partial charge is 0.214 e. The summed E-state index contributed by atoms with van der Waals surface area (Å²) >= 11 is 0. The average molecular weight is 255 g/mol. The van der Waals surface area contributed by atoms with E-state index in [9.17, 15) is 4.79 Å². The molecule has 0 aliphatic heterocycles. The molecule has 0 spiro atoms. The molecule has 1 aromatic rings. The van der Waals surface area contributed by atoms with Crippen LogP contribution in [0.1, 0.15) is 27.7 Å². The Morgan fingerprint density at radius 3 is 2.00 bits per heavy atom. The fourth-order valence-electron chi connectivity index (χ4n) is 2.74. The van der Waals surface area contributed by atoms with E-state index >= 15 is 0 Å². The zero-order chi connectivity index (χ0) is 14.0. The fraction of sp³-hybridized carbons (Fsp3) is 0.353. The lowest BCUT2D eigenvalue weighted by Crippen LogP contribution is -2.28. The Kier molecular flexibility index (Phi) is 3.89. The molecule has 0 heterocycles. The molecule has 1 amide bonds. The second-order valence-corrected chi connectivity index (χ2v) is 5.26. The van der Waals surface area contributed by atoms with Crippen molar-refractivity contribution < 1.29 is 4.79 Å². The standard InChI is InChI=1S/C17H21NO/c1-12-13(2)15(4)17(14(12)3)10-18(11-19)16-8-6-5-7-9-16/h5-9,11,17H,10H2,1-4H3. The van der Waals surface area contributed by atoms with Crippen LogP contribution in [-0.2, 0) is 4.79 Å². The molecule has 0 saturated carbocycles. The number of carbonyl (C=O) groups excluding carboxylic acids is 1. The van der Waals surface area contributed by atoms with Gasteiger partial charge in [-0.25, -0.2) is 0 Å². The van der Waals surface area contributed by atoms with Crippen molar-refractivity contribution in [2.75, 3.05) is 11.4 Å². The van der Waals surface area contributed by atoms with E-state index in [1.54, 1.807) is 4.90 Å². The summed E-state index contributed by atoms with van der Waals surface area (Å²) in [5.74, 6) is 0.352. The van der Waals surface area contributed by atoms with Crippen molar-refractivity contribution in [3.63, 3.8) is 0 Å². The second-order valence-electron chi connectivity index (χ2n) is 5.26. The van der Waals surface area contributed by atoms with Gasteiger partial charge in [0, 0.05) is 18.2 Å².